The summed E-state index contributed by atoms with van der Waals surface area (Å²) in [6, 6.07) is 0. The average Bonchev–Trinajstić information content (AvgIpc) is 3.32. The van der Waals surface area contributed by atoms with Gasteiger partial charge in [0.2, 0.25) is 0 Å². The summed E-state index contributed by atoms with van der Waals surface area (Å²) in [4.78, 5) is 37.9. The van der Waals surface area contributed by atoms with Crippen molar-refractivity contribution >= 4 is 19.8 Å². The van der Waals surface area contributed by atoms with Gasteiger partial charge in [0.1, 0.15) is 19.8 Å². The SMILES string of the molecule is CCCCCCCCCCCCCCCCCCCCCCCCCCC(=O)OC(COC(=O)CCCCCCCCCCCCCCCCCCCCCCCC)COP(=O)([O-])OCC[N+](C)(C)C. The molecule has 0 heterocycles. The molecular weight excluding hydrogens is 894 g/mol. The Bertz CT molecular complexity index is 1150. The monoisotopic (exact) mass is 1010 g/mol. The fourth-order valence-corrected chi connectivity index (χ4v) is 10.1. The van der Waals surface area contributed by atoms with Gasteiger partial charge in [-0.3, -0.25) is 14.2 Å². The van der Waals surface area contributed by atoms with E-state index in [9.17, 15) is 19.0 Å². The molecule has 0 amide bonds. The van der Waals surface area contributed by atoms with E-state index >= 15 is 0 Å². The molecule has 0 radical (unpaired) electrons. The molecule has 0 fully saturated rings. The minimum absolute atomic E-state index is 0.0250. The first-order valence-electron chi connectivity index (χ1n) is 30.7. The van der Waals surface area contributed by atoms with Crippen molar-refractivity contribution in [1.82, 2.24) is 0 Å². The molecule has 10 heteroatoms. The number of hydrogen-bond acceptors (Lipinski definition) is 8. The summed E-state index contributed by atoms with van der Waals surface area (Å²) in [6.45, 7) is 4.32. The Morgan fingerprint density at radius 3 is 0.914 bits per heavy atom. The molecular formula is C60H120NO8P. The number of unbranched alkanes of at least 4 members (excludes halogenated alkanes) is 44. The zero-order chi connectivity index (χ0) is 51.3. The maximum atomic E-state index is 12.8. The van der Waals surface area contributed by atoms with Crippen LogP contribution in [-0.4, -0.2) is 70.0 Å². The van der Waals surface area contributed by atoms with Crippen LogP contribution in [0.3, 0.4) is 0 Å². The quantitative estimate of drug-likeness (QED) is 0.0256. The number of esters is 2. The highest BCUT2D eigenvalue weighted by molar-refractivity contribution is 7.45. The Balaban J connectivity index is 4.07. The lowest BCUT2D eigenvalue weighted by molar-refractivity contribution is -0.870. The van der Waals surface area contributed by atoms with Crippen LogP contribution in [0.25, 0.3) is 0 Å². The Labute approximate surface area is 435 Å². The number of quaternary nitrogens is 1. The molecule has 0 aliphatic carbocycles. The predicted molar refractivity (Wildman–Crippen MR) is 296 cm³/mol. The summed E-state index contributed by atoms with van der Waals surface area (Å²) in [7, 11) is 1.19. The van der Waals surface area contributed by atoms with Gasteiger partial charge < -0.3 is 27.9 Å². The second-order valence-electron chi connectivity index (χ2n) is 22.4. The minimum atomic E-state index is -4.63. The summed E-state index contributed by atoms with van der Waals surface area (Å²) in [5.74, 6) is -0.807. The number of phosphoric acid groups is 1. The second kappa shape index (κ2) is 52.9. The van der Waals surface area contributed by atoms with Crippen LogP contribution in [-0.2, 0) is 32.7 Å². The van der Waals surface area contributed by atoms with Crippen molar-refractivity contribution in [1.29, 1.82) is 0 Å². The van der Waals surface area contributed by atoms with Gasteiger partial charge in [-0.1, -0.05) is 296 Å². The molecule has 0 rings (SSSR count). The number of carbonyl (C=O) groups is 2. The van der Waals surface area contributed by atoms with Crippen molar-refractivity contribution in [2.45, 2.75) is 328 Å². The average molecular weight is 1010 g/mol. The molecule has 0 saturated heterocycles. The molecule has 0 aliphatic heterocycles. The van der Waals surface area contributed by atoms with Crippen LogP contribution in [0.5, 0.6) is 0 Å². The van der Waals surface area contributed by atoms with Crippen LogP contribution in [0.2, 0.25) is 0 Å². The Morgan fingerprint density at radius 1 is 0.386 bits per heavy atom. The Kier molecular flexibility index (Phi) is 52.1. The number of rotatable bonds is 58. The van der Waals surface area contributed by atoms with Crippen LogP contribution < -0.4 is 4.89 Å². The van der Waals surface area contributed by atoms with Gasteiger partial charge in [-0.15, -0.1) is 0 Å². The molecule has 418 valence electrons. The number of carbonyl (C=O) groups excluding carboxylic acids is 2. The molecule has 0 aromatic carbocycles. The molecule has 2 unspecified atom stereocenters. The second-order valence-corrected chi connectivity index (χ2v) is 23.9. The first-order chi connectivity index (χ1) is 34.0. The number of phosphoric ester groups is 1. The zero-order valence-corrected chi connectivity index (χ0v) is 48.4. The van der Waals surface area contributed by atoms with E-state index in [-0.39, 0.29) is 32.0 Å². The van der Waals surface area contributed by atoms with Gasteiger partial charge in [0.25, 0.3) is 7.82 Å². The number of nitrogens with zero attached hydrogens (tertiary/aromatic N) is 1. The van der Waals surface area contributed by atoms with Crippen molar-refractivity contribution in [2.24, 2.45) is 0 Å². The molecule has 0 aromatic heterocycles. The third kappa shape index (κ3) is 56.3. The van der Waals surface area contributed by atoms with Gasteiger partial charge in [0, 0.05) is 12.8 Å². The fourth-order valence-electron chi connectivity index (χ4n) is 9.37. The van der Waals surface area contributed by atoms with E-state index in [1.165, 1.54) is 257 Å². The summed E-state index contributed by atoms with van der Waals surface area (Å²) >= 11 is 0. The van der Waals surface area contributed by atoms with Crippen molar-refractivity contribution < 1.29 is 42.1 Å². The molecule has 0 N–H and O–H groups in total. The molecule has 0 aliphatic rings. The van der Waals surface area contributed by atoms with Gasteiger partial charge in [-0.25, -0.2) is 0 Å². The molecule has 0 aromatic rings. The van der Waals surface area contributed by atoms with Crippen LogP contribution in [0.4, 0.5) is 0 Å². The van der Waals surface area contributed by atoms with Gasteiger partial charge in [-0.05, 0) is 12.8 Å². The van der Waals surface area contributed by atoms with Crippen LogP contribution in [0.1, 0.15) is 322 Å². The summed E-state index contributed by atoms with van der Waals surface area (Å²) in [5, 5.41) is 0. The van der Waals surface area contributed by atoms with E-state index in [2.05, 4.69) is 13.8 Å². The van der Waals surface area contributed by atoms with Crippen molar-refractivity contribution in [3.05, 3.63) is 0 Å². The summed E-state index contributed by atoms with van der Waals surface area (Å²) in [6.07, 6.45) is 60.1. The predicted octanol–water partition coefficient (Wildman–Crippen LogP) is 18.4. The highest BCUT2D eigenvalue weighted by atomic mass is 31.2. The van der Waals surface area contributed by atoms with Gasteiger partial charge in [0.05, 0.1) is 27.7 Å². The standard InChI is InChI=1S/C60H120NO8P/c1-6-8-10-12-14-16-18-20-22-24-26-28-30-31-33-35-37-39-41-43-45-47-49-51-53-60(63)69-58(57-68-70(64,65)67-55-54-61(3,4)5)56-66-59(62)52-50-48-46-44-42-40-38-36-34-32-29-27-25-23-21-19-17-15-13-11-9-7-2/h58H,6-57H2,1-5H3. The maximum absolute atomic E-state index is 12.8. The largest absolute Gasteiger partial charge is 0.756 e. The molecule has 70 heavy (non-hydrogen) atoms. The highest BCUT2D eigenvalue weighted by Gasteiger charge is 2.22. The van der Waals surface area contributed by atoms with Crippen LogP contribution in [0, 0.1) is 0 Å². The van der Waals surface area contributed by atoms with E-state index in [1.54, 1.807) is 0 Å². The van der Waals surface area contributed by atoms with E-state index in [4.69, 9.17) is 18.5 Å². The zero-order valence-electron chi connectivity index (χ0n) is 47.5. The molecule has 9 nitrogen and oxygen atoms in total. The third-order valence-electron chi connectivity index (χ3n) is 14.1. The van der Waals surface area contributed by atoms with E-state index in [0.29, 0.717) is 17.4 Å². The number of ether oxygens (including phenoxy) is 2. The molecule has 0 bridgehead atoms. The Morgan fingerprint density at radius 2 is 0.643 bits per heavy atom. The van der Waals surface area contributed by atoms with E-state index in [1.807, 2.05) is 21.1 Å². The Hall–Kier alpha value is -0.990. The number of hydrogen-bond donors (Lipinski definition) is 0. The van der Waals surface area contributed by atoms with E-state index in [0.717, 1.165) is 32.1 Å². The van der Waals surface area contributed by atoms with Crippen molar-refractivity contribution in [2.75, 3.05) is 47.5 Å². The molecule has 0 saturated carbocycles. The van der Waals surface area contributed by atoms with Crippen molar-refractivity contribution in [3.8, 4) is 0 Å². The summed E-state index contributed by atoms with van der Waals surface area (Å²) in [5.41, 5.74) is 0. The molecule has 0 spiro atoms. The van der Waals surface area contributed by atoms with Gasteiger partial charge >= 0.3 is 11.9 Å². The maximum Gasteiger partial charge on any atom is 0.306 e. The normalized spacial score (nSPS) is 13.2. The molecule has 2 atom stereocenters. The first kappa shape index (κ1) is 69.0. The van der Waals surface area contributed by atoms with Crippen LogP contribution >= 0.6 is 7.82 Å². The highest BCUT2D eigenvalue weighted by Crippen LogP contribution is 2.38. The smallest absolute Gasteiger partial charge is 0.306 e. The summed E-state index contributed by atoms with van der Waals surface area (Å²) < 4.78 is 34.2. The fraction of sp³-hybridized carbons (Fsp3) is 0.967. The minimum Gasteiger partial charge on any atom is -0.756 e. The van der Waals surface area contributed by atoms with E-state index < -0.39 is 26.5 Å². The lowest BCUT2D eigenvalue weighted by Crippen LogP contribution is -2.37. The third-order valence-corrected chi connectivity index (χ3v) is 15.1. The number of likely N-dealkylation sites (N-methyl/N-ethyl adjacent to an activating group) is 1. The van der Waals surface area contributed by atoms with Gasteiger partial charge in [-0.2, -0.15) is 0 Å². The lowest BCUT2D eigenvalue weighted by atomic mass is 10.0. The van der Waals surface area contributed by atoms with Gasteiger partial charge in [0.15, 0.2) is 6.10 Å². The van der Waals surface area contributed by atoms with Crippen LogP contribution in [0.15, 0.2) is 0 Å². The topological polar surface area (TPSA) is 111 Å². The van der Waals surface area contributed by atoms with Crippen molar-refractivity contribution in [3.63, 3.8) is 0 Å². The lowest BCUT2D eigenvalue weighted by Gasteiger charge is -2.28. The first-order valence-corrected chi connectivity index (χ1v) is 32.2.